The maximum atomic E-state index is 6.07. The van der Waals surface area contributed by atoms with Gasteiger partial charge in [0.2, 0.25) is 5.88 Å². The first kappa shape index (κ1) is 13.9. The van der Waals surface area contributed by atoms with Crippen molar-refractivity contribution in [3.05, 3.63) is 11.3 Å². The van der Waals surface area contributed by atoms with Crippen molar-refractivity contribution in [3.63, 3.8) is 0 Å². The number of fused-ring (bicyclic) bond motifs is 2. The van der Waals surface area contributed by atoms with Crippen LogP contribution in [0, 0.1) is 6.92 Å². The van der Waals surface area contributed by atoms with Crippen molar-refractivity contribution in [2.75, 3.05) is 26.7 Å². The molecule has 2 aliphatic rings. The summed E-state index contributed by atoms with van der Waals surface area (Å²) in [6, 6.07) is 0.158. The average Bonchev–Trinajstić information content (AvgIpc) is 2.90. The third kappa shape index (κ3) is 2.21. The Morgan fingerprint density at radius 1 is 1.40 bits per heavy atom. The Morgan fingerprint density at radius 2 is 2.05 bits per heavy atom. The van der Waals surface area contributed by atoms with E-state index in [1.165, 1.54) is 12.8 Å². The number of ether oxygens (including phenoxy) is 2. The van der Waals surface area contributed by atoms with Gasteiger partial charge in [-0.3, -0.25) is 4.90 Å². The molecule has 2 bridgehead atoms. The van der Waals surface area contributed by atoms with Crippen molar-refractivity contribution in [2.45, 2.75) is 38.0 Å². The molecule has 2 aliphatic heterocycles. The molecule has 0 radical (unpaired) electrons. The highest BCUT2D eigenvalue weighted by Gasteiger charge is 2.38. The highest BCUT2D eigenvalue weighted by Crippen LogP contribution is 2.36. The fourth-order valence-electron chi connectivity index (χ4n) is 3.63. The zero-order valence-electron chi connectivity index (χ0n) is 12.5. The maximum Gasteiger partial charge on any atom is 0.216 e. The monoisotopic (exact) mass is 280 g/mol. The van der Waals surface area contributed by atoms with Crippen LogP contribution in [0.3, 0.4) is 0 Å². The summed E-state index contributed by atoms with van der Waals surface area (Å²) in [6.45, 7) is 4.50. The van der Waals surface area contributed by atoms with Crippen molar-refractivity contribution in [3.8, 4) is 5.88 Å². The lowest BCUT2D eigenvalue weighted by molar-refractivity contribution is -0.0524. The van der Waals surface area contributed by atoms with E-state index in [0.717, 1.165) is 30.2 Å². The van der Waals surface area contributed by atoms with E-state index in [1.54, 1.807) is 11.8 Å². The number of hydrogen-bond acceptors (Lipinski definition) is 5. The second kappa shape index (κ2) is 5.35. The second-order valence-corrected chi connectivity index (χ2v) is 5.79. The number of hydrogen-bond donors (Lipinski definition) is 1. The van der Waals surface area contributed by atoms with Crippen LogP contribution in [0.5, 0.6) is 5.88 Å². The van der Waals surface area contributed by atoms with Crippen LogP contribution in [0.4, 0.5) is 0 Å². The van der Waals surface area contributed by atoms with Gasteiger partial charge < -0.3 is 15.2 Å². The van der Waals surface area contributed by atoms with Gasteiger partial charge in [0.15, 0.2) is 0 Å². The Hall–Kier alpha value is -1.11. The molecule has 6 nitrogen and oxygen atoms in total. The first-order valence-corrected chi connectivity index (χ1v) is 7.31. The molecule has 2 saturated heterocycles. The van der Waals surface area contributed by atoms with Crippen molar-refractivity contribution in [1.29, 1.82) is 0 Å². The average molecular weight is 280 g/mol. The lowest BCUT2D eigenvalue weighted by atomic mass is 10.0. The van der Waals surface area contributed by atoms with Crippen molar-refractivity contribution in [1.82, 2.24) is 14.7 Å². The van der Waals surface area contributed by atoms with E-state index >= 15 is 0 Å². The van der Waals surface area contributed by atoms with E-state index in [-0.39, 0.29) is 6.04 Å². The van der Waals surface area contributed by atoms with Crippen LogP contribution >= 0.6 is 0 Å². The fourth-order valence-corrected chi connectivity index (χ4v) is 3.63. The Labute approximate surface area is 119 Å². The van der Waals surface area contributed by atoms with E-state index in [1.807, 2.05) is 14.0 Å². The smallest absolute Gasteiger partial charge is 0.216 e. The van der Waals surface area contributed by atoms with Gasteiger partial charge in [-0.15, -0.1) is 0 Å². The van der Waals surface area contributed by atoms with Gasteiger partial charge in [-0.05, 0) is 19.8 Å². The molecular formula is C14H24N4O2. The molecule has 3 rings (SSSR count). The minimum Gasteiger partial charge on any atom is -0.481 e. The minimum atomic E-state index is 0.158. The summed E-state index contributed by atoms with van der Waals surface area (Å²) in [5, 5.41) is 4.48. The summed E-state index contributed by atoms with van der Waals surface area (Å²) < 4.78 is 13.2. The van der Waals surface area contributed by atoms with Gasteiger partial charge in [0.25, 0.3) is 0 Å². The molecule has 3 atom stereocenters. The first-order valence-electron chi connectivity index (χ1n) is 7.31. The van der Waals surface area contributed by atoms with Gasteiger partial charge in [0.1, 0.15) is 0 Å². The minimum absolute atomic E-state index is 0.158. The summed E-state index contributed by atoms with van der Waals surface area (Å²) in [7, 11) is 3.60. The lowest BCUT2D eigenvalue weighted by Gasteiger charge is -2.37. The molecule has 0 aliphatic carbocycles. The molecule has 0 saturated carbocycles. The number of aryl methyl sites for hydroxylation is 2. The summed E-state index contributed by atoms with van der Waals surface area (Å²) in [4.78, 5) is 2.44. The van der Waals surface area contributed by atoms with E-state index in [4.69, 9.17) is 15.2 Å². The molecule has 1 aromatic heterocycles. The lowest BCUT2D eigenvalue weighted by Crippen LogP contribution is -2.46. The van der Waals surface area contributed by atoms with E-state index in [0.29, 0.717) is 18.8 Å². The predicted octanol–water partition coefficient (Wildman–Crippen LogP) is 0.600. The van der Waals surface area contributed by atoms with Gasteiger partial charge in [-0.1, -0.05) is 0 Å². The first-order chi connectivity index (χ1) is 9.63. The number of aromatic nitrogens is 2. The van der Waals surface area contributed by atoms with Gasteiger partial charge in [0.05, 0.1) is 36.6 Å². The van der Waals surface area contributed by atoms with Crippen LogP contribution in [0.25, 0.3) is 0 Å². The highest BCUT2D eigenvalue weighted by molar-refractivity contribution is 5.34. The van der Waals surface area contributed by atoms with Gasteiger partial charge >= 0.3 is 0 Å². The van der Waals surface area contributed by atoms with Crippen molar-refractivity contribution >= 4 is 0 Å². The number of rotatable bonds is 4. The van der Waals surface area contributed by atoms with Crippen LogP contribution in [0.15, 0.2) is 0 Å². The molecule has 3 unspecified atom stereocenters. The number of likely N-dealkylation sites (tertiary alicyclic amines) is 1. The maximum absolute atomic E-state index is 6.07. The normalized spacial score (nSPS) is 27.8. The van der Waals surface area contributed by atoms with Gasteiger partial charge in [-0.2, -0.15) is 5.10 Å². The Bertz CT molecular complexity index is 476. The van der Waals surface area contributed by atoms with E-state index in [2.05, 4.69) is 10.00 Å². The molecule has 0 amide bonds. The molecule has 0 spiro atoms. The molecule has 0 aromatic carbocycles. The van der Waals surface area contributed by atoms with Crippen molar-refractivity contribution in [2.24, 2.45) is 12.8 Å². The standard InChI is InChI=1S/C14H24N4O2/c1-9-13(14(19-3)17(2)16-9)12(6-15)18-7-10-4-5-11(8-18)20-10/h10-12H,4-8,15H2,1-3H3. The molecule has 2 N–H and O–H groups in total. The van der Waals surface area contributed by atoms with Crippen LogP contribution in [0.1, 0.15) is 30.1 Å². The van der Waals surface area contributed by atoms with Crippen LogP contribution < -0.4 is 10.5 Å². The summed E-state index contributed by atoms with van der Waals surface area (Å²) in [5.74, 6) is 0.816. The van der Waals surface area contributed by atoms with Crippen molar-refractivity contribution < 1.29 is 9.47 Å². The highest BCUT2D eigenvalue weighted by atomic mass is 16.5. The van der Waals surface area contributed by atoms with Crippen LogP contribution in [-0.2, 0) is 11.8 Å². The van der Waals surface area contributed by atoms with E-state index in [9.17, 15) is 0 Å². The molecular weight excluding hydrogens is 256 g/mol. The zero-order valence-corrected chi connectivity index (χ0v) is 12.5. The Balaban J connectivity index is 1.90. The van der Waals surface area contributed by atoms with Crippen LogP contribution in [0.2, 0.25) is 0 Å². The molecule has 2 fully saturated rings. The Morgan fingerprint density at radius 3 is 2.60 bits per heavy atom. The molecule has 1 aromatic rings. The quantitative estimate of drug-likeness (QED) is 0.875. The third-order valence-corrected chi connectivity index (χ3v) is 4.48. The third-order valence-electron chi connectivity index (χ3n) is 4.48. The molecule has 3 heterocycles. The van der Waals surface area contributed by atoms with E-state index < -0.39 is 0 Å². The van der Waals surface area contributed by atoms with Gasteiger partial charge in [-0.25, -0.2) is 4.68 Å². The fraction of sp³-hybridized carbons (Fsp3) is 0.786. The number of methoxy groups -OCH3 is 1. The zero-order chi connectivity index (χ0) is 14.3. The summed E-state index contributed by atoms with van der Waals surface area (Å²) >= 11 is 0. The Kier molecular flexibility index (Phi) is 3.70. The SMILES string of the molecule is COc1c(C(CN)N2CC3CCC(C2)O3)c(C)nn1C. The molecule has 6 heteroatoms. The molecule has 20 heavy (non-hydrogen) atoms. The largest absolute Gasteiger partial charge is 0.481 e. The number of nitrogens with zero attached hydrogens (tertiary/aromatic N) is 3. The second-order valence-electron chi connectivity index (χ2n) is 5.79. The summed E-state index contributed by atoms with van der Waals surface area (Å²) in [5.41, 5.74) is 8.20. The number of morpholine rings is 1. The topological polar surface area (TPSA) is 65.5 Å². The van der Waals surface area contributed by atoms with Gasteiger partial charge in [0, 0.05) is 26.7 Å². The van der Waals surface area contributed by atoms with Crippen LogP contribution in [-0.4, -0.2) is 53.6 Å². The molecule has 112 valence electrons. The predicted molar refractivity (Wildman–Crippen MR) is 75.8 cm³/mol. The number of nitrogens with two attached hydrogens (primary N) is 1. The summed E-state index contributed by atoms with van der Waals surface area (Å²) in [6.07, 6.45) is 3.07.